The largest absolute Gasteiger partial charge is 0.378 e. The van der Waals surface area contributed by atoms with Gasteiger partial charge in [-0.25, -0.2) is 13.6 Å². The molecule has 0 aliphatic carbocycles. The van der Waals surface area contributed by atoms with E-state index in [1.807, 2.05) is 20.8 Å². The molecule has 1 aromatic heterocycles. The van der Waals surface area contributed by atoms with Crippen molar-refractivity contribution < 1.29 is 13.2 Å². The second-order valence-corrected chi connectivity index (χ2v) is 7.41. The van der Waals surface area contributed by atoms with Gasteiger partial charge in [0.15, 0.2) is 5.96 Å². The Bertz CT molecular complexity index is 1030. The van der Waals surface area contributed by atoms with Crippen molar-refractivity contribution in [2.45, 2.75) is 32.2 Å². The number of anilines is 1. The molecular formula is C16H21N7O3S. The van der Waals surface area contributed by atoms with E-state index in [-0.39, 0.29) is 22.7 Å². The van der Waals surface area contributed by atoms with E-state index in [2.05, 4.69) is 20.3 Å². The lowest BCUT2D eigenvalue weighted by Crippen LogP contribution is -2.24. The van der Waals surface area contributed by atoms with E-state index < -0.39 is 21.9 Å². The van der Waals surface area contributed by atoms with Crippen LogP contribution >= 0.6 is 0 Å². The number of hydrogen-bond acceptors (Lipinski definition) is 6. The van der Waals surface area contributed by atoms with Crippen LogP contribution in [-0.2, 0) is 16.6 Å². The summed E-state index contributed by atoms with van der Waals surface area (Å²) in [6, 6.07) is 3.93. The van der Waals surface area contributed by atoms with Gasteiger partial charge in [0, 0.05) is 5.56 Å². The van der Waals surface area contributed by atoms with Gasteiger partial charge in [0.05, 0.1) is 35.0 Å². The summed E-state index contributed by atoms with van der Waals surface area (Å²) in [6.45, 7) is 5.74. The van der Waals surface area contributed by atoms with E-state index in [0.717, 1.165) is 23.1 Å². The maximum Gasteiger partial charge on any atom is 0.280 e. The first-order chi connectivity index (χ1) is 12.5. The number of amides is 1. The number of aliphatic imine (C=N–C) groups is 1. The van der Waals surface area contributed by atoms with Crippen molar-refractivity contribution in [1.82, 2.24) is 9.97 Å². The third-order valence-electron chi connectivity index (χ3n) is 3.79. The third kappa shape index (κ3) is 4.99. The van der Waals surface area contributed by atoms with Gasteiger partial charge in [0.25, 0.3) is 5.91 Å². The summed E-state index contributed by atoms with van der Waals surface area (Å²) in [5.74, 6) is -1.20. The Morgan fingerprint density at radius 2 is 1.74 bits per heavy atom. The molecule has 10 nitrogen and oxygen atoms in total. The molecule has 0 atom stereocenters. The Hall–Kier alpha value is -3.05. The number of guanidine groups is 1. The Morgan fingerprint density at radius 3 is 2.33 bits per heavy atom. The standard InChI is InChI=1S/C16H21N7O3S/c1-8-9(2)22-13(10(3)21-8)7-20-12-5-4-11(15(24)23-16(17)18)6-14(12)27(19,25)26/h4-6,20H,7H2,1-3H3,(H2,19,25,26)(H4,17,18,23,24). The summed E-state index contributed by atoms with van der Waals surface area (Å²) in [7, 11) is -4.11. The number of carbonyl (C=O) groups is 1. The minimum atomic E-state index is -4.11. The number of nitrogens with one attached hydrogen (secondary N) is 1. The average molecular weight is 391 g/mol. The number of carbonyl (C=O) groups excluding carboxylic acids is 1. The predicted molar refractivity (Wildman–Crippen MR) is 102 cm³/mol. The Kier molecular flexibility index (Phi) is 5.76. The summed E-state index contributed by atoms with van der Waals surface area (Å²) in [4.78, 5) is 23.9. The van der Waals surface area contributed by atoms with Crippen molar-refractivity contribution in [2.24, 2.45) is 21.6 Å². The highest BCUT2D eigenvalue weighted by Gasteiger charge is 2.18. The minimum Gasteiger partial charge on any atom is -0.378 e. The molecular weight excluding hydrogens is 370 g/mol. The lowest BCUT2D eigenvalue weighted by molar-refractivity contribution is 0.100. The zero-order chi connectivity index (χ0) is 20.4. The lowest BCUT2D eigenvalue weighted by Gasteiger charge is -2.13. The number of hydrogen-bond donors (Lipinski definition) is 4. The van der Waals surface area contributed by atoms with Gasteiger partial charge in [-0.05, 0) is 39.0 Å². The van der Waals surface area contributed by atoms with Crippen molar-refractivity contribution in [3.63, 3.8) is 0 Å². The molecule has 0 aliphatic rings. The first-order valence-electron chi connectivity index (χ1n) is 7.84. The number of aromatic nitrogens is 2. The molecule has 0 spiro atoms. The van der Waals surface area contributed by atoms with Crippen LogP contribution in [0, 0.1) is 20.8 Å². The Labute approximate surface area is 157 Å². The molecule has 0 unspecified atom stereocenters. The molecule has 1 amide bonds. The summed E-state index contributed by atoms with van der Waals surface area (Å²) in [5, 5.41) is 8.25. The van der Waals surface area contributed by atoms with Crippen LogP contribution in [0.15, 0.2) is 28.1 Å². The summed E-state index contributed by atoms with van der Waals surface area (Å²) in [5.41, 5.74) is 13.5. The van der Waals surface area contributed by atoms with Gasteiger partial charge < -0.3 is 16.8 Å². The number of benzene rings is 1. The van der Waals surface area contributed by atoms with Gasteiger partial charge in [-0.1, -0.05) is 0 Å². The van der Waals surface area contributed by atoms with Crippen molar-refractivity contribution in [3.8, 4) is 0 Å². The fourth-order valence-electron chi connectivity index (χ4n) is 2.33. The van der Waals surface area contributed by atoms with Crippen LogP contribution in [0.4, 0.5) is 5.69 Å². The highest BCUT2D eigenvalue weighted by atomic mass is 32.2. The van der Waals surface area contributed by atoms with Gasteiger partial charge in [-0.3, -0.25) is 14.8 Å². The van der Waals surface area contributed by atoms with Crippen LogP contribution in [0.1, 0.15) is 33.1 Å². The molecule has 11 heteroatoms. The van der Waals surface area contributed by atoms with Crippen molar-refractivity contribution >= 4 is 27.6 Å². The van der Waals surface area contributed by atoms with Gasteiger partial charge in [0.2, 0.25) is 10.0 Å². The van der Waals surface area contributed by atoms with E-state index in [4.69, 9.17) is 16.6 Å². The summed E-state index contributed by atoms with van der Waals surface area (Å²) >= 11 is 0. The van der Waals surface area contributed by atoms with E-state index in [1.54, 1.807) is 0 Å². The Morgan fingerprint density at radius 1 is 1.11 bits per heavy atom. The van der Waals surface area contributed by atoms with E-state index in [1.165, 1.54) is 12.1 Å². The monoisotopic (exact) mass is 391 g/mol. The zero-order valence-electron chi connectivity index (χ0n) is 15.1. The Balaban J connectivity index is 2.38. The zero-order valence-corrected chi connectivity index (χ0v) is 16.0. The van der Waals surface area contributed by atoms with Crippen LogP contribution < -0.4 is 21.9 Å². The number of nitrogens with two attached hydrogens (primary N) is 3. The molecule has 0 fully saturated rings. The second kappa shape index (κ2) is 7.68. The molecule has 1 aromatic carbocycles. The number of nitrogens with zero attached hydrogens (tertiary/aromatic N) is 3. The molecule has 0 radical (unpaired) electrons. The molecule has 0 saturated carbocycles. The van der Waals surface area contributed by atoms with Crippen LogP contribution in [-0.4, -0.2) is 30.3 Å². The van der Waals surface area contributed by atoms with Crippen LogP contribution in [0.25, 0.3) is 0 Å². The van der Waals surface area contributed by atoms with Crippen molar-refractivity contribution in [2.75, 3.05) is 5.32 Å². The van der Waals surface area contributed by atoms with E-state index in [0.29, 0.717) is 5.69 Å². The highest BCUT2D eigenvalue weighted by molar-refractivity contribution is 7.89. The number of sulfonamides is 1. The molecule has 0 bridgehead atoms. The topological polar surface area (TPSA) is 179 Å². The van der Waals surface area contributed by atoms with Crippen LogP contribution in [0.3, 0.4) is 0 Å². The first kappa shape index (κ1) is 20.3. The van der Waals surface area contributed by atoms with Gasteiger partial charge in [-0.2, -0.15) is 4.99 Å². The van der Waals surface area contributed by atoms with Crippen molar-refractivity contribution in [1.29, 1.82) is 0 Å². The van der Waals surface area contributed by atoms with E-state index >= 15 is 0 Å². The normalized spacial score (nSPS) is 11.1. The highest BCUT2D eigenvalue weighted by Crippen LogP contribution is 2.23. The van der Waals surface area contributed by atoms with Crippen LogP contribution in [0.5, 0.6) is 0 Å². The quantitative estimate of drug-likeness (QED) is 0.408. The molecule has 7 N–H and O–H groups in total. The molecule has 0 aliphatic heterocycles. The summed E-state index contributed by atoms with van der Waals surface area (Å²) in [6.07, 6.45) is 0. The third-order valence-corrected chi connectivity index (χ3v) is 4.74. The molecule has 2 aromatic rings. The van der Waals surface area contributed by atoms with E-state index in [9.17, 15) is 13.2 Å². The average Bonchev–Trinajstić information content (AvgIpc) is 2.55. The molecule has 27 heavy (non-hydrogen) atoms. The minimum absolute atomic E-state index is 0.0138. The number of primary sulfonamides is 1. The molecule has 144 valence electrons. The molecule has 2 rings (SSSR count). The number of rotatable bonds is 5. The fraction of sp³-hybridized carbons (Fsp3) is 0.250. The number of aryl methyl sites for hydroxylation is 3. The maximum atomic E-state index is 11.9. The molecule has 1 heterocycles. The van der Waals surface area contributed by atoms with Crippen molar-refractivity contribution in [3.05, 3.63) is 46.5 Å². The fourth-order valence-corrected chi connectivity index (χ4v) is 3.06. The first-order valence-corrected chi connectivity index (χ1v) is 9.39. The SMILES string of the molecule is Cc1nc(C)c(CNc2ccc(C(=O)N=C(N)N)cc2S(N)(=O)=O)nc1C. The summed E-state index contributed by atoms with van der Waals surface area (Å²) < 4.78 is 23.9. The smallest absolute Gasteiger partial charge is 0.280 e. The van der Waals surface area contributed by atoms with Gasteiger partial charge in [-0.15, -0.1) is 0 Å². The van der Waals surface area contributed by atoms with Gasteiger partial charge >= 0.3 is 0 Å². The maximum absolute atomic E-state index is 11.9. The van der Waals surface area contributed by atoms with Gasteiger partial charge in [0.1, 0.15) is 4.90 Å². The predicted octanol–water partition coefficient (Wildman–Crippen LogP) is 0.0750. The second-order valence-electron chi connectivity index (χ2n) is 5.88. The van der Waals surface area contributed by atoms with Crippen LogP contribution in [0.2, 0.25) is 0 Å². The molecule has 0 saturated heterocycles. The lowest BCUT2D eigenvalue weighted by atomic mass is 10.2.